The number of rotatable bonds is 6. The molecular weight excluding hydrogens is 356 g/mol. The molecule has 1 aromatic carbocycles. The number of hydrogen-bond donors (Lipinski definition) is 0. The molecule has 1 aliphatic heterocycles. The van der Waals surface area contributed by atoms with Crippen molar-refractivity contribution >= 4 is 5.91 Å². The summed E-state index contributed by atoms with van der Waals surface area (Å²) in [6.07, 6.45) is 4.18. The van der Waals surface area contributed by atoms with Crippen LogP contribution in [-0.2, 0) is 35.5 Å². The molecule has 0 aliphatic carbocycles. The molecule has 0 saturated heterocycles. The van der Waals surface area contributed by atoms with Crippen LogP contribution in [-0.4, -0.2) is 45.8 Å². The number of aromatic nitrogens is 3. The molecule has 0 atom stereocenters. The first-order chi connectivity index (χ1) is 13.7. The maximum absolute atomic E-state index is 13.0. The summed E-state index contributed by atoms with van der Waals surface area (Å²) in [5.74, 6) is 0.135. The lowest BCUT2D eigenvalue weighted by Gasteiger charge is -2.28. The van der Waals surface area contributed by atoms with Crippen molar-refractivity contribution in [1.29, 1.82) is 0 Å². The first-order valence-corrected chi connectivity index (χ1v) is 9.45. The van der Waals surface area contributed by atoms with Gasteiger partial charge in [0, 0.05) is 37.9 Å². The lowest BCUT2D eigenvalue weighted by Crippen LogP contribution is -2.37. The third-order valence-electron chi connectivity index (χ3n) is 5.27. The lowest BCUT2D eigenvalue weighted by molar-refractivity contribution is -0.131. The van der Waals surface area contributed by atoms with E-state index in [4.69, 9.17) is 14.3 Å². The molecule has 1 amide bonds. The van der Waals surface area contributed by atoms with E-state index in [2.05, 4.69) is 4.98 Å². The summed E-state index contributed by atoms with van der Waals surface area (Å²) in [5, 5.41) is 4.74. The number of carbonyl (C=O) groups is 1. The van der Waals surface area contributed by atoms with Gasteiger partial charge in [-0.2, -0.15) is 5.10 Å². The quantitative estimate of drug-likeness (QED) is 0.657. The van der Waals surface area contributed by atoms with Gasteiger partial charge in [-0.3, -0.25) is 9.48 Å². The van der Waals surface area contributed by atoms with Crippen LogP contribution in [0.25, 0.3) is 11.4 Å². The molecule has 0 unspecified atom stereocenters. The maximum Gasteiger partial charge on any atom is 0.227 e. The molecule has 0 radical (unpaired) electrons. The summed E-state index contributed by atoms with van der Waals surface area (Å²) in [5.41, 5.74) is 5.90. The highest BCUT2D eigenvalue weighted by molar-refractivity contribution is 5.80. The summed E-state index contributed by atoms with van der Waals surface area (Å²) in [6, 6.07) is 8.03. The van der Waals surface area contributed by atoms with Gasteiger partial charge < -0.3 is 14.1 Å². The molecule has 146 valence electrons. The van der Waals surface area contributed by atoms with Gasteiger partial charge in [0.15, 0.2) is 6.39 Å². The topological polar surface area (TPSA) is 73.4 Å². The monoisotopic (exact) mass is 380 g/mol. The molecule has 0 spiro atoms. The van der Waals surface area contributed by atoms with Crippen LogP contribution in [0.5, 0.6) is 0 Å². The van der Waals surface area contributed by atoms with E-state index in [-0.39, 0.29) is 5.91 Å². The van der Waals surface area contributed by atoms with Crippen molar-refractivity contribution in [2.75, 3.05) is 20.3 Å². The van der Waals surface area contributed by atoms with E-state index < -0.39 is 0 Å². The Morgan fingerprint density at radius 3 is 2.93 bits per heavy atom. The molecule has 7 heteroatoms. The predicted octanol–water partition coefficient (Wildman–Crippen LogP) is 2.62. The molecule has 0 saturated carbocycles. The van der Waals surface area contributed by atoms with Crippen molar-refractivity contribution in [3.63, 3.8) is 0 Å². The Kier molecular flexibility index (Phi) is 5.25. The maximum atomic E-state index is 13.0. The number of oxazole rings is 1. The molecule has 2 aromatic heterocycles. The van der Waals surface area contributed by atoms with Crippen molar-refractivity contribution in [3.05, 3.63) is 59.3 Å². The molecule has 3 heterocycles. The number of aryl methyl sites for hydroxylation is 1. The zero-order valence-electron chi connectivity index (χ0n) is 16.2. The van der Waals surface area contributed by atoms with Gasteiger partial charge in [-0.25, -0.2) is 4.98 Å². The largest absolute Gasteiger partial charge is 0.451 e. The van der Waals surface area contributed by atoms with Gasteiger partial charge in [0.1, 0.15) is 17.7 Å². The number of hydrogen-bond acceptors (Lipinski definition) is 5. The number of amides is 1. The van der Waals surface area contributed by atoms with Crippen LogP contribution in [0.15, 0.2) is 41.3 Å². The summed E-state index contributed by atoms with van der Waals surface area (Å²) in [7, 11) is 1.68. The van der Waals surface area contributed by atoms with Gasteiger partial charge in [-0.1, -0.05) is 24.3 Å². The minimum absolute atomic E-state index is 0.135. The van der Waals surface area contributed by atoms with Crippen LogP contribution in [0.4, 0.5) is 0 Å². The number of ether oxygens (including phenoxy) is 1. The van der Waals surface area contributed by atoms with E-state index >= 15 is 0 Å². The van der Waals surface area contributed by atoms with E-state index in [0.717, 1.165) is 34.5 Å². The molecule has 3 aromatic rings. The Hall–Kier alpha value is -2.93. The smallest absolute Gasteiger partial charge is 0.227 e. The van der Waals surface area contributed by atoms with Crippen molar-refractivity contribution in [2.45, 2.75) is 32.9 Å². The van der Waals surface area contributed by atoms with Crippen molar-refractivity contribution in [1.82, 2.24) is 19.7 Å². The van der Waals surface area contributed by atoms with Crippen LogP contribution >= 0.6 is 0 Å². The fourth-order valence-electron chi connectivity index (χ4n) is 3.68. The Bertz CT molecular complexity index is 962. The zero-order valence-corrected chi connectivity index (χ0v) is 16.2. The van der Waals surface area contributed by atoms with E-state index in [1.54, 1.807) is 13.4 Å². The van der Waals surface area contributed by atoms with E-state index in [1.165, 1.54) is 6.39 Å². The summed E-state index contributed by atoms with van der Waals surface area (Å²) in [6.45, 7) is 4.53. The molecule has 0 bridgehead atoms. The number of methoxy groups -OCH3 is 1. The Morgan fingerprint density at radius 1 is 1.32 bits per heavy atom. The second-order valence-electron chi connectivity index (χ2n) is 7.03. The molecular formula is C21H24N4O3. The van der Waals surface area contributed by atoms with Crippen LogP contribution in [0, 0.1) is 6.92 Å². The van der Waals surface area contributed by atoms with Crippen molar-refractivity contribution in [3.8, 4) is 11.4 Å². The molecule has 0 fully saturated rings. The average Bonchev–Trinajstić information content (AvgIpc) is 3.35. The SMILES string of the molecule is COCCn1nc(-c2cocn2)c2c1CCN(C(=O)Cc1ccccc1C)C2. The minimum Gasteiger partial charge on any atom is -0.451 e. The highest BCUT2D eigenvalue weighted by atomic mass is 16.5. The van der Waals surface area contributed by atoms with Crippen LogP contribution < -0.4 is 0 Å². The number of fused-ring (bicyclic) bond motifs is 1. The second kappa shape index (κ2) is 7.98. The number of carbonyl (C=O) groups excluding carboxylic acids is 1. The second-order valence-corrected chi connectivity index (χ2v) is 7.03. The fourth-order valence-corrected chi connectivity index (χ4v) is 3.68. The summed E-state index contributed by atoms with van der Waals surface area (Å²) in [4.78, 5) is 19.1. The highest BCUT2D eigenvalue weighted by Crippen LogP contribution is 2.29. The van der Waals surface area contributed by atoms with Crippen LogP contribution in [0.1, 0.15) is 22.4 Å². The molecule has 4 rings (SSSR count). The third-order valence-corrected chi connectivity index (χ3v) is 5.27. The van der Waals surface area contributed by atoms with E-state index in [9.17, 15) is 4.79 Å². The van der Waals surface area contributed by atoms with Gasteiger partial charge in [0.05, 0.1) is 19.6 Å². The highest BCUT2D eigenvalue weighted by Gasteiger charge is 2.28. The van der Waals surface area contributed by atoms with E-state index in [0.29, 0.717) is 38.4 Å². The molecule has 7 nitrogen and oxygen atoms in total. The van der Waals surface area contributed by atoms with Crippen molar-refractivity contribution < 1.29 is 13.9 Å². The first-order valence-electron chi connectivity index (χ1n) is 9.45. The number of benzene rings is 1. The first kappa shape index (κ1) is 18.4. The number of nitrogens with zero attached hydrogens (tertiary/aromatic N) is 4. The van der Waals surface area contributed by atoms with E-state index in [1.807, 2.05) is 40.8 Å². The van der Waals surface area contributed by atoms with Crippen molar-refractivity contribution in [2.24, 2.45) is 0 Å². The zero-order chi connectivity index (χ0) is 19.5. The van der Waals surface area contributed by atoms with Gasteiger partial charge in [-0.05, 0) is 18.1 Å². The lowest BCUT2D eigenvalue weighted by atomic mass is 10.0. The Balaban J connectivity index is 1.59. The molecule has 1 aliphatic rings. The summed E-state index contributed by atoms with van der Waals surface area (Å²) >= 11 is 0. The third kappa shape index (κ3) is 3.57. The normalized spacial score (nSPS) is 13.6. The molecule has 0 N–H and O–H groups in total. The predicted molar refractivity (Wildman–Crippen MR) is 104 cm³/mol. The Labute approximate surface area is 163 Å². The Morgan fingerprint density at radius 2 is 2.18 bits per heavy atom. The van der Waals surface area contributed by atoms with Crippen LogP contribution in [0.2, 0.25) is 0 Å². The van der Waals surface area contributed by atoms with Gasteiger partial charge in [0.2, 0.25) is 5.91 Å². The standard InChI is InChI=1S/C21H24N4O3/c1-15-5-3-4-6-16(15)11-20(26)24-8-7-19-17(12-24)21(18-13-28-14-22-18)23-25(19)9-10-27-2/h3-6,13-14H,7-12H2,1-2H3. The van der Waals surface area contributed by atoms with Crippen LogP contribution in [0.3, 0.4) is 0 Å². The van der Waals surface area contributed by atoms with Gasteiger partial charge >= 0.3 is 0 Å². The van der Waals surface area contributed by atoms with Gasteiger partial charge in [-0.15, -0.1) is 0 Å². The summed E-state index contributed by atoms with van der Waals surface area (Å²) < 4.78 is 12.3. The molecule has 28 heavy (non-hydrogen) atoms. The fraction of sp³-hybridized carbons (Fsp3) is 0.381. The van der Waals surface area contributed by atoms with Gasteiger partial charge in [0.25, 0.3) is 0 Å². The minimum atomic E-state index is 0.135. The average molecular weight is 380 g/mol.